The summed E-state index contributed by atoms with van der Waals surface area (Å²) in [6, 6.07) is 3.63. The summed E-state index contributed by atoms with van der Waals surface area (Å²) >= 11 is 1.62. The van der Waals surface area contributed by atoms with E-state index in [1.54, 1.807) is 17.4 Å². The van der Waals surface area contributed by atoms with E-state index in [0.29, 0.717) is 0 Å². The van der Waals surface area contributed by atoms with Crippen molar-refractivity contribution < 1.29 is 0 Å². The lowest BCUT2D eigenvalue weighted by molar-refractivity contribution is 0.967. The summed E-state index contributed by atoms with van der Waals surface area (Å²) in [4.78, 5) is 11.5. The van der Waals surface area contributed by atoms with Gasteiger partial charge in [-0.1, -0.05) is 18.2 Å². The van der Waals surface area contributed by atoms with Crippen molar-refractivity contribution in [1.29, 1.82) is 0 Å². The second-order valence-corrected chi connectivity index (χ2v) is 4.93. The number of thiophene rings is 1. The molecule has 2 aromatic heterocycles. The molecule has 0 amide bonds. The maximum Gasteiger partial charge on any atom is 0.264 e. The summed E-state index contributed by atoms with van der Waals surface area (Å²) in [5.74, 6) is 0. The van der Waals surface area contributed by atoms with Crippen molar-refractivity contribution in [3.8, 4) is 11.1 Å². The molecule has 1 N–H and O–H groups in total. The number of aromatic amines is 1. The molecule has 4 heteroatoms. The summed E-state index contributed by atoms with van der Waals surface area (Å²) in [6.07, 6.45) is 8.46. The average Bonchev–Trinajstić information content (AvgIpc) is 2.93. The van der Waals surface area contributed by atoms with Crippen LogP contribution in [0.3, 0.4) is 0 Å². The zero-order chi connectivity index (χ0) is 12.4. The standard InChI is InChI=1S/C14H12N2OS/c17-13-8-12(11-6-7-18-9-11)14(16-15-13)10-4-2-1-3-5-10/h2,4-9H,1,3H2,(H,15,17). The fourth-order valence-electron chi connectivity index (χ4n) is 2.05. The Kier molecular flexibility index (Phi) is 2.94. The molecule has 3 rings (SSSR count). The summed E-state index contributed by atoms with van der Waals surface area (Å²) in [5, 5.41) is 10.8. The number of aromatic nitrogens is 2. The molecule has 0 fully saturated rings. The van der Waals surface area contributed by atoms with Crippen LogP contribution in [0.25, 0.3) is 16.7 Å². The van der Waals surface area contributed by atoms with E-state index in [1.807, 2.05) is 16.8 Å². The predicted molar refractivity (Wildman–Crippen MR) is 74.5 cm³/mol. The van der Waals surface area contributed by atoms with Gasteiger partial charge in [-0.15, -0.1) is 0 Å². The first-order chi connectivity index (χ1) is 8.84. The van der Waals surface area contributed by atoms with Crippen LogP contribution in [0.4, 0.5) is 0 Å². The second kappa shape index (κ2) is 4.74. The Morgan fingerprint density at radius 2 is 2.28 bits per heavy atom. The SMILES string of the molecule is O=c1cc(-c2ccsc2)c(C2=CCCC=C2)n[nH]1. The van der Waals surface area contributed by atoms with Gasteiger partial charge in [0, 0.05) is 11.6 Å². The third-order valence-corrected chi connectivity index (χ3v) is 3.59. The highest BCUT2D eigenvalue weighted by Gasteiger charge is 2.12. The first-order valence-electron chi connectivity index (χ1n) is 5.84. The summed E-state index contributed by atoms with van der Waals surface area (Å²) in [7, 11) is 0. The molecule has 0 spiro atoms. The molecule has 0 saturated carbocycles. The van der Waals surface area contributed by atoms with E-state index in [4.69, 9.17) is 0 Å². The van der Waals surface area contributed by atoms with E-state index in [-0.39, 0.29) is 5.56 Å². The summed E-state index contributed by atoms with van der Waals surface area (Å²) in [5.41, 5.74) is 3.72. The number of nitrogens with zero attached hydrogens (tertiary/aromatic N) is 1. The van der Waals surface area contributed by atoms with Gasteiger partial charge in [-0.05, 0) is 40.8 Å². The zero-order valence-corrected chi connectivity index (χ0v) is 10.5. The third-order valence-electron chi connectivity index (χ3n) is 2.91. The molecule has 0 aromatic carbocycles. The lowest BCUT2D eigenvalue weighted by Crippen LogP contribution is -2.10. The van der Waals surface area contributed by atoms with E-state index in [2.05, 4.69) is 28.4 Å². The first-order valence-corrected chi connectivity index (χ1v) is 6.78. The van der Waals surface area contributed by atoms with Crippen LogP contribution in [0.2, 0.25) is 0 Å². The Balaban J connectivity index is 2.18. The van der Waals surface area contributed by atoms with Crippen molar-refractivity contribution in [3.05, 3.63) is 57.2 Å². The minimum atomic E-state index is -0.166. The molecule has 0 unspecified atom stereocenters. The van der Waals surface area contributed by atoms with Gasteiger partial charge in [-0.2, -0.15) is 16.4 Å². The van der Waals surface area contributed by atoms with Crippen LogP contribution in [0.15, 0.2) is 45.9 Å². The van der Waals surface area contributed by atoms with Gasteiger partial charge < -0.3 is 0 Å². The fourth-order valence-corrected chi connectivity index (χ4v) is 2.71. The van der Waals surface area contributed by atoms with Crippen LogP contribution in [0.5, 0.6) is 0 Å². The molecule has 0 bridgehead atoms. The molecule has 3 nitrogen and oxygen atoms in total. The van der Waals surface area contributed by atoms with Crippen molar-refractivity contribution in [3.63, 3.8) is 0 Å². The van der Waals surface area contributed by atoms with Crippen LogP contribution < -0.4 is 5.56 Å². The topological polar surface area (TPSA) is 45.8 Å². The van der Waals surface area contributed by atoms with Crippen LogP contribution in [0, 0.1) is 0 Å². The summed E-state index contributed by atoms with van der Waals surface area (Å²) in [6.45, 7) is 0. The van der Waals surface area contributed by atoms with Gasteiger partial charge >= 0.3 is 0 Å². The molecular weight excluding hydrogens is 244 g/mol. The van der Waals surface area contributed by atoms with Crippen molar-refractivity contribution in [2.75, 3.05) is 0 Å². The van der Waals surface area contributed by atoms with Gasteiger partial charge in [0.05, 0.1) is 5.69 Å². The Morgan fingerprint density at radius 3 is 3.00 bits per heavy atom. The molecule has 0 saturated heterocycles. The van der Waals surface area contributed by atoms with E-state index < -0.39 is 0 Å². The molecule has 90 valence electrons. The van der Waals surface area contributed by atoms with Gasteiger partial charge in [0.15, 0.2) is 0 Å². The minimum absolute atomic E-state index is 0.166. The largest absolute Gasteiger partial charge is 0.268 e. The quantitative estimate of drug-likeness (QED) is 0.896. The first kappa shape index (κ1) is 11.2. The maximum atomic E-state index is 11.5. The molecule has 2 heterocycles. The molecule has 2 aromatic rings. The highest BCUT2D eigenvalue weighted by Crippen LogP contribution is 2.29. The lowest BCUT2D eigenvalue weighted by atomic mass is 9.98. The Hall–Kier alpha value is -1.94. The minimum Gasteiger partial charge on any atom is -0.268 e. The molecule has 1 aliphatic rings. The highest BCUT2D eigenvalue weighted by molar-refractivity contribution is 7.08. The van der Waals surface area contributed by atoms with Crippen molar-refractivity contribution >= 4 is 16.9 Å². The predicted octanol–water partition coefficient (Wildman–Crippen LogP) is 3.23. The lowest BCUT2D eigenvalue weighted by Gasteiger charge is -2.09. The fraction of sp³-hybridized carbons (Fsp3) is 0.143. The molecular formula is C14H12N2OS. The number of H-pyrrole nitrogens is 1. The Labute approximate surface area is 109 Å². The van der Waals surface area contributed by atoms with Crippen molar-refractivity contribution in [2.45, 2.75) is 12.8 Å². The normalized spacial score (nSPS) is 14.6. The third kappa shape index (κ3) is 2.07. The number of hydrogen-bond donors (Lipinski definition) is 1. The van der Waals surface area contributed by atoms with Gasteiger partial charge in [0.2, 0.25) is 0 Å². The monoisotopic (exact) mass is 256 g/mol. The van der Waals surface area contributed by atoms with Crippen LogP contribution in [0.1, 0.15) is 18.5 Å². The molecule has 0 aliphatic heterocycles. The van der Waals surface area contributed by atoms with E-state index in [9.17, 15) is 4.79 Å². The van der Waals surface area contributed by atoms with Gasteiger partial charge in [0.1, 0.15) is 0 Å². The smallest absolute Gasteiger partial charge is 0.264 e. The molecule has 18 heavy (non-hydrogen) atoms. The number of hydrogen-bond acceptors (Lipinski definition) is 3. The number of rotatable bonds is 2. The van der Waals surface area contributed by atoms with E-state index in [0.717, 1.165) is 35.2 Å². The number of allylic oxidation sites excluding steroid dienone is 4. The van der Waals surface area contributed by atoms with Gasteiger partial charge in [-0.25, -0.2) is 5.10 Å². The van der Waals surface area contributed by atoms with Crippen molar-refractivity contribution in [2.24, 2.45) is 0 Å². The highest BCUT2D eigenvalue weighted by atomic mass is 32.1. The average molecular weight is 256 g/mol. The summed E-state index contributed by atoms with van der Waals surface area (Å²) < 4.78 is 0. The molecule has 0 radical (unpaired) electrons. The maximum absolute atomic E-state index is 11.5. The van der Waals surface area contributed by atoms with Gasteiger partial charge in [0.25, 0.3) is 5.56 Å². The number of nitrogens with one attached hydrogen (secondary N) is 1. The van der Waals surface area contributed by atoms with E-state index >= 15 is 0 Å². The Bertz CT molecular complexity index is 665. The van der Waals surface area contributed by atoms with Gasteiger partial charge in [-0.3, -0.25) is 4.79 Å². The molecule has 0 atom stereocenters. The second-order valence-electron chi connectivity index (χ2n) is 4.15. The van der Waals surface area contributed by atoms with Crippen LogP contribution in [-0.2, 0) is 0 Å². The zero-order valence-electron chi connectivity index (χ0n) is 9.72. The molecule has 1 aliphatic carbocycles. The van der Waals surface area contributed by atoms with Crippen LogP contribution in [-0.4, -0.2) is 10.2 Å². The Morgan fingerprint density at radius 1 is 1.33 bits per heavy atom. The van der Waals surface area contributed by atoms with Crippen molar-refractivity contribution in [1.82, 2.24) is 10.2 Å². The van der Waals surface area contributed by atoms with E-state index in [1.165, 1.54) is 0 Å². The van der Waals surface area contributed by atoms with Crippen LogP contribution >= 0.6 is 11.3 Å².